The Morgan fingerprint density at radius 1 is 1.33 bits per heavy atom. The number of carbonyl (C=O) groups excluding carboxylic acids is 2. The molecule has 2 aromatic rings. The average Bonchev–Trinajstić information content (AvgIpc) is 3.27. The summed E-state index contributed by atoms with van der Waals surface area (Å²) in [7, 11) is 1.53. The van der Waals surface area contributed by atoms with Crippen LogP contribution < -0.4 is 14.8 Å². The molecule has 30 heavy (non-hydrogen) atoms. The number of benzene rings is 1. The number of halogens is 1. The second-order valence-electron chi connectivity index (χ2n) is 6.85. The van der Waals surface area contributed by atoms with Gasteiger partial charge in [-0.2, -0.15) is 0 Å². The highest BCUT2D eigenvalue weighted by atomic mass is 35.5. The monoisotopic (exact) mass is 432 g/mol. The summed E-state index contributed by atoms with van der Waals surface area (Å²) in [6.07, 6.45) is 6.01. The summed E-state index contributed by atoms with van der Waals surface area (Å²) in [6.45, 7) is 3.48. The van der Waals surface area contributed by atoms with Crippen molar-refractivity contribution in [2.75, 3.05) is 26.8 Å². The summed E-state index contributed by atoms with van der Waals surface area (Å²) in [4.78, 5) is 26.4. The van der Waals surface area contributed by atoms with Gasteiger partial charge in [0.1, 0.15) is 0 Å². The number of rotatable bonds is 7. The van der Waals surface area contributed by atoms with Crippen LogP contribution in [0.5, 0.6) is 11.5 Å². The molecule has 1 fully saturated rings. The van der Waals surface area contributed by atoms with Crippen LogP contribution in [0.4, 0.5) is 0 Å². The van der Waals surface area contributed by atoms with E-state index in [-0.39, 0.29) is 17.9 Å². The van der Waals surface area contributed by atoms with E-state index in [1.165, 1.54) is 19.4 Å². The molecule has 7 nitrogen and oxygen atoms in total. The molecule has 1 aromatic carbocycles. The van der Waals surface area contributed by atoms with Crippen LogP contribution in [0.3, 0.4) is 0 Å². The van der Waals surface area contributed by atoms with Gasteiger partial charge in [-0.05, 0) is 55.7 Å². The van der Waals surface area contributed by atoms with E-state index in [1.54, 1.807) is 35.2 Å². The largest absolute Gasteiger partial charge is 0.491 e. The van der Waals surface area contributed by atoms with Crippen LogP contribution in [0.2, 0.25) is 5.02 Å². The number of hydrogen-bond donors (Lipinski definition) is 1. The van der Waals surface area contributed by atoms with Crippen molar-refractivity contribution < 1.29 is 23.5 Å². The first-order chi connectivity index (χ1) is 14.5. The van der Waals surface area contributed by atoms with Crippen molar-refractivity contribution >= 4 is 29.5 Å². The predicted octanol–water partition coefficient (Wildman–Crippen LogP) is 3.77. The van der Waals surface area contributed by atoms with Crippen molar-refractivity contribution in [2.45, 2.75) is 25.8 Å². The third kappa shape index (κ3) is 5.36. The summed E-state index contributed by atoms with van der Waals surface area (Å²) in [5.41, 5.74) is 0.735. The second kappa shape index (κ2) is 10.2. The SMILES string of the molecule is CCOc1cc(/C=C/C(=O)NC2CCN(C(=O)c3ccco3)CC2)cc(Cl)c1OC. The number of likely N-dealkylation sites (tertiary alicyclic amines) is 1. The van der Waals surface area contributed by atoms with Crippen molar-refractivity contribution in [3.8, 4) is 11.5 Å². The van der Waals surface area contributed by atoms with Crippen molar-refractivity contribution in [3.63, 3.8) is 0 Å². The number of nitrogens with zero attached hydrogens (tertiary/aromatic N) is 1. The molecule has 0 unspecified atom stereocenters. The van der Waals surface area contributed by atoms with Crippen molar-refractivity contribution in [3.05, 3.63) is 53.0 Å². The number of methoxy groups -OCH3 is 1. The van der Waals surface area contributed by atoms with Gasteiger partial charge in [-0.1, -0.05) is 11.6 Å². The van der Waals surface area contributed by atoms with Gasteiger partial charge in [0.25, 0.3) is 5.91 Å². The number of ether oxygens (including phenoxy) is 2. The quantitative estimate of drug-likeness (QED) is 0.673. The van der Waals surface area contributed by atoms with Crippen molar-refractivity contribution in [1.82, 2.24) is 10.2 Å². The Hall–Kier alpha value is -2.93. The molecule has 3 rings (SSSR count). The summed E-state index contributed by atoms with van der Waals surface area (Å²) in [5.74, 6) is 1.02. The van der Waals surface area contributed by atoms with Crippen LogP contribution in [-0.4, -0.2) is 49.6 Å². The molecule has 160 valence electrons. The molecule has 0 atom stereocenters. The van der Waals surface area contributed by atoms with Gasteiger partial charge in [0.05, 0.1) is 25.0 Å². The second-order valence-corrected chi connectivity index (χ2v) is 7.26. The Morgan fingerprint density at radius 3 is 2.73 bits per heavy atom. The van der Waals surface area contributed by atoms with E-state index in [4.69, 9.17) is 25.5 Å². The molecule has 0 radical (unpaired) electrons. The van der Waals surface area contributed by atoms with Crippen molar-refractivity contribution in [1.29, 1.82) is 0 Å². The Balaban J connectivity index is 1.54. The Kier molecular flexibility index (Phi) is 7.41. The predicted molar refractivity (Wildman–Crippen MR) is 114 cm³/mol. The van der Waals surface area contributed by atoms with Gasteiger partial charge in [-0.15, -0.1) is 0 Å². The van der Waals surface area contributed by atoms with Gasteiger partial charge in [0, 0.05) is 25.2 Å². The van der Waals surface area contributed by atoms with E-state index in [9.17, 15) is 9.59 Å². The Morgan fingerprint density at radius 2 is 2.10 bits per heavy atom. The number of piperidine rings is 1. The smallest absolute Gasteiger partial charge is 0.289 e. The van der Waals surface area contributed by atoms with E-state index in [1.807, 2.05) is 6.92 Å². The van der Waals surface area contributed by atoms with Gasteiger partial charge in [-0.3, -0.25) is 9.59 Å². The molecule has 1 aliphatic rings. The zero-order chi connectivity index (χ0) is 21.5. The highest BCUT2D eigenvalue weighted by Gasteiger charge is 2.25. The Labute approximate surface area is 180 Å². The highest BCUT2D eigenvalue weighted by molar-refractivity contribution is 6.32. The number of nitrogens with one attached hydrogen (secondary N) is 1. The lowest BCUT2D eigenvalue weighted by Gasteiger charge is -2.31. The number of amides is 2. The molecule has 1 N–H and O–H groups in total. The lowest BCUT2D eigenvalue weighted by molar-refractivity contribution is -0.117. The lowest BCUT2D eigenvalue weighted by atomic mass is 10.0. The molecule has 1 aliphatic heterocycles. The molecule has 2 heterocycles. The fourth-order valence-electron chi connectivity index (χ4n) is 3.35. The molecule has 0 spiro atoms. The number of hydrogen-bond acceptors (Lipinski definition) is 5. The third-order valence-electron chi connectivity index (χ3n) is 4.82. The fourth-order valence-corrected chi connectivity index (χ4v) is 3.65. The minimum atomic E-state index is -0.198. The number of furan rings is 1. The topological polar surface area (TPSA) is 81.0 Å². The first kappa shape index (κ1) is 21.8. The standard InChI is InChI=1S/C22H25ClN2O5/c1-3-29-19-14-15(13-17(23)21(19)28-2)6-7-20(26)24-16-8-10-25(11-9-16)22(27)18-5-4-12-30-18/h4-7,12-14,16H,3,8-11H2,1-2H3,(H,24,26)/b7-6+. The zero-order valence-electron chi connectivity index (χ0n) is 17.0. The highest BCUT2D eigenvalue weighted by Crippen LogP contribution is 2.36. The van der Waals surface area contributed by atoms with E-state index in [0.29, 0.717) is 54.8 Å². The van der Waals surface area contributed by atoms with Crippen LogP contribution in [0.25, 0.3) is 6.08 Å². The maximum atomic E-state index is 12.3. The van der Waals surface area contributed by atoms with Crippen LogP contribution in [0.15, 0.2) is 41.0 Å². The fraction of sp³-hybridized carbons (Fsp3) is 0.364. The summed E-state index contributed by atoms with van der Waals surface area (Å²) < 4.78 is 16.0. The normalized spacial score (nSPS) is 14.7. The lowest BCUT2D eigenvalue weighted by Crippen LogP contribution is -2.46. The molecular formula is C22H25ClN2O5. The van der Waals surface area contributed by atoms with Gasteiger partial charge in [0.15, 0.2) is 17.3 Å². The maximum Gasteiger partial charge on any atom is 0.289 e. The summed E-state index contributed by atoms with van der Waals surface area (Å²) in [5, 5.41) is 3.40. The Bertz CT molecular complexity index is 903. The average molecular weight is 433 g/mol. The minimum Gasteiger partial charge on any atom is -0.491 e. The van der Waals surface area contributed by atoms with Gasteiger partial charge in [0.2, 0.25) is 5.91 Å². The number of carbonyl (C=O) groups is 2. The molecule has 0 bridgehead atoms. The summed E-state index contributed by atoms with van der Waals surface area (Å²) in [6, 6.07) is 6.85. The molecule has 1 saturated heterocycles. The van der Waals surface area contributed by atoms with Gasteiger partial charge < -0.3 is 24.1 Å². The van der Waals surface area contributed by atoms with Crippen LogP contribution >= 0.6 is 11.6 Å². The molecular weight excluding hydrogens is 408 g/mol. The van der Waals surface area contributed by atoms with Crippen LogP contribution in [0, 0.1) is 0 Å². The molecule has 8 heteroatoms. The molecule has 2 amide bonds. The van der Waals surface area contributed by atoms with Crippen molar-refractivity contribution in [2.24, 2.45) is 0 Å². The van der Waals surface area contributed by atoms with Gasteiger partial charge >= 0.3 is 0 Å². The molecule has 0 aliphatic carbocycles. The van der Waals surface area contributed by atoms with E-state index in [0.717, 1.165) is 5.56 Å². The van der Waals surface area contributed by atoms with Gasteiger partial charge in [-0.25, -0.2) is 0 Å². The molecule has 0 saturated carbocycles. The summed E-state index contributed by atoms with van der Waals surface area (Å²) >= 11 is 6.24. The van der Waals surface area contributed by atoms with Crippen LogP contribution in [0.1, 0.15) is 35.9 Å². The first-order valence-corrected chi connectivity index (χ1v) is 10.2. The van der Waals surface area contributed by atoms with E-state index in [2.05, 4.69) is 5.32 Å². The molecule has 1 aromatic heterocycles. The van der Waals surface area contributed by atoms with Crippen LogP contribution in [-0.2, 0) is 4.79 Å². The third-order valence-corrected chi connectivity index (χ3v) is 5.10. The maximum absolute atomic E-state index is 12.3. The minimum absolute atomic E-state index is 0.0150. The van der Waals surface area contributed by atoms with E-state index >= 15 is 0 Å². The zero-order valence-corrected chi connectivity index (χ0v) is 17.8. The first-order valence-electron chi connectivity index (χ1n) is 9.83. The van der Waals surface area contributed by atoms with E-state index < -0.39 is 0 Å².